The molecule has 0 aliphatic rings. The number of rotatable bonds is 5. The van der Waals surface area contributed by atoms with E-state index in [0.717, 1.165) is 12.1 Å². The Labute approximate surface area is 96.8 Å². The number of hydrogen-bond donors (Lipinski definition) is 1. The van der Waals surface area contributed by atoms with E-state index >= 15 is 0 Å². The highest BCUT2D eigenvalue weighted by molar-refractivity contribution is 5.74. The molecular weight excluding hydrogens is 234 g/mol. The van der Waals surface area contributed by atoms with E-state index in [0.29, 0.717) is 0 Å². The number of benzene rings is 1. The van der Waals surface area contributed by atoms with Crippen LogP contribution in [0.25, 0.3) is 0 Å². The molecule has 0 heterocycles. The van der Waals surface area contributed by atoms with E-state index < -0.39 is 29.3 Å². The average Bonchev–Trinajstić information content (AvgIpc) is 2.26. The lowest BCUT2D eigenvalue weighted by atomic mass is 10.1. The smallest absolute Gasteiger partial charge is 0.337 e. The van der Waals surface area contributed by atoms with Crippen LogP contribution in [-0.2, 0) is 9.53 Å². The van der Waals surface area contributed by atoms with Gasteiger partial charge in [-0.05, 0) is 6.92 Å². The lowest BCUT2D eigenvalue weighted by Gasteiger charge is -2.15. The molecule has 0 bridgehead atoms. The molecule has 1 atom stereocenters. The SMILES string of the molecule is CCOC(C(=O)O)c1c(F)cc(OC)cc1F. The summed E-state index contributed by atoms with van der Waals surface area (Å²) in [6, 6.07) is 1.82. The number of aliphatic carboxylic acids is 1. The fourth-order valence-electron chi connectivity index (χ4n) is 1.37. The summed E-state index contributed by atoms with van der Waals surface area (Å²) in [6.07, 6.45) is -1.66. The summed E-state index contributed by atoms with van der Waals surface area (Å²) >= 11 is 0. The second-order valence-electron chi connectivity index (χ2n) is 3.18. The van der Waals surface area contributed by atoms with Crippen LogP contribution in [0.15, 0.2) is 12.1 Å². The van der Waals surface area contributed by atoms with E-state index in [1.165, 1.54) is 14.0 Å². The Morgan fingerprint density at radius 2 is 1.94 bits per heavy atom. The molecule has 4 nitrogen and oxygen atoms in total. The molecule has 0 radical (unpaired) electrons. The van der Waals surface area contributed by atoms with Gasteiger partial charge in [-0.15, -0.1) is 0 Å². The van der Waals surface area contributed by atoms with Crippen molar-refractivity contribution in [3.8, 4) is 5.75 Å². The molecular formula is C11H12F2O4. The van der Waals surface area contributed by atoms with Crippen LogP contribution < -0.4 is 4.74 Å². The fraction of sp³-hybridized carbons (Fsp3) is 0.364. The van der Waals surface area contributed by atoms with Crippen molar-refractivity contribution in [3.05, 3.63) is 29.3 Å². The van der Waals surface area contributed by atoms with Gasteiger partial charge in [-0.1, -0.05) is 0 Å². The third-order valence-electron chi connectivity index (χ3n) is 2.11. The molecule has 17 heavy (non-hydrogen) atoms. The summed E-state index contributed by atoms with van der Waals surface area (Å²) < 4.78 is 36.6. The monoisotopic (exact) mass is 246 g/mol. The summed E-state index contributed by atoms with van der Waals surface area (Å²) in [5.74, 6) is -3.50. The quantitative estimate of drug-likeness (QED) is 0.864. The largest absolute Gasteiger partial charge is 0.497 e. The van der Waals surface area contributed by atoms with Crippen LogP contribution in [0.3, 0.4) is 0 Å². The van der Waals surface area contributed by atoms with Crippen molar-refractivity contribution in [1.82, 2.24) is 0 Å². The first-order valence-corrected chi connectivity index (χ1v) is 4.88. The van der Waals surface area contributed by atoms with Crippen molar-refractivity contribution in [2.24, 2.45) is 0 Å². The van der Waals surface area contributed by atoms with Gasteiger partial charge >= 0.3 is 5.97 Å². The molecule has 1 unspecified atom stereocenters. The van der Waals surface area contributed by atoms with Gasteiger partial charge in [0.05, 0.1) is 12.7 Å². The molecule has 1 N–H and O–H groups in total. The van der Waals surface area contributed by atoms with E-state index in [-0.39, 0.29) is 12.4 Å². The Morgan fingerprint density at radius 3 is 2.29 bits per heavy atom. The molecule has 0 aliphatic heterocycles. The Kier molecular flexibility index (Phi) is 4.39. The highest BCUT2D eigenvalue weighted by Crippen LogP contribution is 2.28. The molecule has 0 aromatic heterocycles. The van der Waals surface area contributed by atoms with Crippen LogP contribution in [0.5, 0.6) is 5.75 Å². The molecule has 0 aliphatic carbocycles. The van der Waals surface area contributed by atoms with Crippen molar-refractivity contribution in [2.45, 2.75) is 13.0 Å². The predicted octanol–water partition coefficient (Wildman–Crippen LogP) is 2.14. The summed E-state index contributed by atoms with van der Waals surface area (Å²) in [7, 11) is 1.26. The Balaban J connectivity index is 3.23. The van der Waals surface area contributed by atoms with E-state index in [1.54, 1.807) is 0 Å². The first-order valence-electron chi connectivity index (χ1n) is 4.88. The van der Waals surface area contributed by atoms with Crippen LogP contribution in [0.4, 0.5) is 8.78 Å². The first kappa shape index (κ1) is 13.4. The normalized spacial score (nSPS) is 12.2. The number of carbonyl (C=O) groups is 1. The van der Waals surface area contributed by atoms with E-state index in [4.69, 9.17) is 9.84 Å². The minimum Gasteiger partial charge on any atom is -0.497 e. The number of methoxy groups -OCH3 is 1. The van der Waals surface area contributed by atoms with Crippen molar-refractivity contribution >= 4 is 5.97 Å². The maximum atomic E-state index is 13.6. The maximum absolute atomic E-state index is 13.6. The lowest BCUT2D eigenvalue weighted by molar-refractivity contribution is -0.151. The molecule has 0 saturated carbocycles. The zero-order valence-corrected chi connectivity index (χ0v) is 9.37. The fourth-order valence-corrected chi connectivity index (χ4v) is 1.37. The topological polar surface area (TPSA) is 55.8 Å². The average molecular weight is 246 g/mol. The molecule has 1 aromatic rings. The van der Waals surface area contributed by atoms with Gasteiger partial charge < -0.3 is 14.6 Å². The van der Waals surface area contributed by atoms with E-state index in [9.17, 15) is 13.6 Å². The van der Waals surface area contributed by atoms with Crippen LogP contribution in [-0.4, -0.2) is 24.8 Å². The highest BCUT2D eigenvalue weighted by Gasteiger charge is 2.27. The number of halogens is 2. The van der Waals surface area contributed by atoms with Crippen molar-refractivity contribution in [2.75, 3.05) is 13.7 Å². The van der Waals surface area contributed by atoms with Crippen LogP contribution in [0.2, 0.25) is 0 Å². The van der Waals surface area contributed by atoms with Gasteiger partial charge in [-0.25, -0.2) is 13.6 Å². The number of carboxylic acids is 1. The summed E-state index contributed by atoms with van der Waals surface area (Å²) in [6.45, 7) is 1.57. The molecule has 1 rings (SSSR count). The van der Waals surface area contributed by atoms with Gasteiger partial charge in [0.1, 0.15) is 17.4 Å². The van der Waals surface area contributed by atoms with E-state index in [1.807, 2.05) is 0 Å². The Morgan fingerprint density at radius 1 is 1.41 bits per heavy atom. The lowest BCUT2D eigenvalue weighted by Crippen LogP contribution is -2.18. The molecule has 6 heteroatoms. The Hall–Kier alpha value is -1.69. The minimum atomic E-state index is -1.66. The summed E-state index contributed by atoms with van der Waals surface area (Å²) in [5.41, 5.74) is -0.625. The standard InChI is InChI=1S/C11H12F2O4/c1-3-17-10(11(14)15)9-7(12)4-6(16-2)5-8(9)13/h4-5,10H,3H2,1-2H3,(H,14,15). The third kappa shape index (κ3) is 2.91. The van der Waals surface area contributed by atoms with Gasteiger partial charge in [0.15, 0.2) is 6.10 Å². The van der Waals surface area contributed by atoms with Gasteiger partial charge in [0.25, 0.3) is 0 Å². The highest BCUT2D eigenvalue weighted by atomic mass is 19.1. The minimum absolute atomic E-state index is 0.0237. The second kappa shape index (κ2) is 5.58. The summed E-state index contributed by atoms with van der Waals surface area (Å²) in [4.78, 5) is 10.9. The first-order chi connectivity index (χ1) is 8.01. The zero-order chi connectivity index (χ0) is 13.0. The maximum Gasteiger partial charge on any atom is 0.337 e. The van der Waals surface area contributed by atoms with Crippen LogP contribution in [0, 0.1) is 11.6 Å². The van der Waals surface area contributed by atoms with Crippen molar-refractivity contribution in [1.29, 1.82) is 0 Å². The van der Waals surface area contributed by atoms with Gasteiger partial charge in [-0.2, -0.15) is 0 Å². The van der Waals surface area contributed by atoms with Gasteiger partial charge in [-0.3, -0.25) is 0 Å². The van der Waals surface area contributed by atoms with Crippen molar-refractivity contribution < 1.29 is 28.2 Å². The second-order valence-corrected chi connectivity index (χ2v) is 3.18. The van der Waals surface area contributed by atoms with Crippen LogP contribution in [0.1, 0.15) is 18.6 Å². The number of carboxylic acid groups (broad SMARTS) is 1. The molecule has 0 fully saturated rings. The van der Waals surface area contributed by atoms with Gasteiger partial charge in [0.2, 0.25) is 0 Å². The Bertz CT molecular complexity index is 397. The third-order valence-corrected chi connectivity index (χ3v) is 2.11. The molecule has 94 valence electrons. The molecule has 1 aromatic carbocycles. The van der Waals surface area contributed by atoms with Gasteiger partial charge in [0, 0.05) is 18.7 Å². The predicted molar refractivity (Wildman–Crippen MR) is 54.9 cm³/mol. The van der Waals surface area contributed by atoms with Crippen LogP contribution >= 0.6 is 0 Å². The number of hydrogen-bond acceptors (Lipinski definition) is 3. The molecule has 0 amide bonds. The number of ether oxygens (including phenoxy) is 2. The van der Waals surface area contributed by atoms with Crippen molar-refractivity contribution in [3.63, 3.8) is 0 Å². The zero-order valence-electron chi connectivity index (χ0n) is 9.37. The molecule has 0 saturated heterocycles. The molecule has 0 spiro atoms. The van der Waals surface area contributed by atoms with E-state index in [2.05, 4.69) is 4.74 Å². The summed E-state index contributed by atoms with van der Waals surface area (Å²) in [5, 5.41) is 8.84.